The fourth-order valence-electron chi connectivity index (χ4n) is 2.71. The van der Waals surface area contributed by atoms with Crippen molar-refractivity contribution in [3.63, 3.8) is 0 Å². The third kappa shape index (κ3) is 3.20. The summed E-state index contributed by atoms with van der Waals surface area (Å²) < 4.78 is 16.4. The maximum Gasteiger partial charge on any atom is 0.346 e. The molecule has 1 aromatic heterocycles. The minimum Gasteiger partial charge on any atom is -0.471 e. The van der Waals surface area contributed by atoms with Crippen molar-refractivity contribution in [2.45, 2.75) is 26.9 Å². The molecule has 134 valence electrons. The molecule has 0 amide bonds. The second-order valence-electron chi connectivity index (χ2n) is 6.17. The van der Waals surface area contributed by atoms with Crippen LogP contribution in [-0.2, 0) is 9.53 Å². The lowest BCUT2D eigenvalue weighted by Gasteiger charge is -2.16. The van der Waals surface area contributed by atoms with E-state index in [0.717, 1.165) is 11.1 Å². The van der Waals surface area contributed by atoms with Gasteiger partial charge < -0.3 is 13.9 Å². The number of aryl methyl sites for hydroxylation is 2. The summed E-state index contributed by atoms with van der Waals surface area (Å²) >= 11 is 0. The Morgan fingerprint density at radius 3 is 2.38 bits per heavy atom. The predicted octanol–water partition coefficient (Wildman–Crippen LogP) is 4.02. The second-order valence-corrected chi connectivity index (χ2v) is 6.17. The quantitative estimate of drug-likeness (QED) is 0.664. The summed E-state index contributed by atoms with van der Waals surface area (Å²) in [6.07, 6.45) is -0.936. The molecule has 0 saturated heterocycles. The van der Waals surface area contributed by atoms with Crippen molar-refractivity contribution in [3.05, 3.63) is 63.8 Å². The summed E-state index contributed by atoms with van der Waals surface area (Å²) in [5, 5.41) is 0.417. The van der Waals surface area contributed by atoms with E-state index < -0.39 is 12.1 Å². The molecule has 0 aliphatic rings. The van der Waals surface area contributed by atoms with Crippen molar-refractivity contribution in [2.24, 2.45) is 0 Å². The fraction of sp³-hybridized carbons (Fsp3) is 0.238. The molecule has 0 spiro atoms. The van der Waals surface area contributed by atoms with Crippen LogP contribution in [-0.4, -0.2) is 19.2 Å². The molecule has 0 bridgehead atoms. The van der Waals surface area contributed by atoms with Gasteiger partial charge in [0, 0.05) is 5.56 Å². The Bertz CT molecular complexity index is 1020. The van der Waals surface area contributed by atoms with Crippen molar-refractivity contribution in [1.29, 1.82) is 0 Å². The first kappa shape index (κ1) is 17.7. The van der Waals surface area contributed by atoms with E-state index in [9.17, 15) is 9.59 Å². The molecule has 0 aliphatic carbocycles. The monoisotopic (exact) mass is 352 g/mol. The summed E-state index contributed by atoms with van der Waals surface area (Å²) in [6, 6.07) is 12.8. The van der Waals surface area contributed by atoms with E-state index >= 15 is 0 Å². The number of carbonyl (C=O) groups excluding carboxylic acids is 1. The van der Waals surface area contributed by atoms with E-state index in [-0.39, 0.29) is 11.2 Å². The summed E-state index contributed by atoms with van der Waals surface area (Å²) in [5.74, 6) is -0.268. The van der Waals surface area contributed by atoms with Crippen LogP contribution >= 0.6 is 0 Å². The molecule has 1 atom stereocenters. The second kappa shape index (κ2) is 7.04. The molecule has 3 aromatic rings. The normalized spacial score (nSPS) is 12.0. The molecule has 5 heteroatoms. The molecular weight excluding hydrogens is 332 g/mol. The van der Waals surface area contributed by atoms with Crippen molar-refractivity contribution in [3.8, 4) is 17.1 Å². The highest BCUT2D eigenvalue weighted by Crippen LogP contribution is 2.32. The number of hydrogen-bond acceptors (Lipinski definition) is 5. The topological polar surface area (TPSA) is 65.7 Å². The maximum absolute atomic E-state index is 13.1. The zero-order valence-corrected chi connectivity index (χ0v) is 15.2. The lowest BCUT2D eigenvalue weighted by Crippen LogP contribution is -2.27. The number of ether oxygens (including phenoxy) is 2. The van der Waals surface area contributed by atoms with Gasteiger partial charge in [-0.15, -0.1) is 0 Å². The van der Waals surface area contributed by atoms with E-state index in [4.69, 9.17) is 13.9 Å². The van der Waals surface area contributed by atoms with E-state index in [1.807, 2.05) is 50.2 Å². The summed E-state index contributed by atoms with van der Waals surface area (Å²) in [5.41, 5.74) is 2.86. The molecular formula is C21H20O5. The molecule has 0 saturated carbocycles. The zero-order chi connectivity index (χ0) is 18.8. The van der Waals surface area contributed by atoms with Crippen LogP contribution in [0.5, 0.6) is 5.75 Å². The summed E-state index contributed by atoms with van der Waals surface area (Å²) in [6.45, 7) is 5.42. The van der Waals surface area contributed by atoms with Crippen molar-refractivity contribution >= 4 is 16.9 Å². The molecule has 0 fully saturated rings. The van der Waals surface area contributed by atoms with Crippen LogP contribution in [0, 0.1) is 13.8 Å². The average molecular weight is 352 g/mol. The number of methoxy groups -OCH3 is 1. The Morgan fingerprint density at radius 2 is 1.73 bits per heavy atom. The minimum atomic E-state index is -0.936. The average Bonchev–Trinajstić information content (AvgIpc) is 2.65. The molecule has 1 heterocycles. The van der Waals surface area contributed by atoms with Crippen LogP contribution in [0.3, 0.4) is 0 Å². The molecule has 3 rings (SSSR count). The third-order valence-electron chi connectivity index (χ3n) is 4.33. The van der Waals surface area contributed by atoms with Gasteiger partial charge in [-0.1, -0.05) is 30.3 Å². The number of rotatable bonds is 4. The Kier molecular flexibility index (Phi) is 4.80. The SMILES string of the molecule is COC(=O)[C@H](C)Oc1c(-c2ccccc2)oc2cc(C)c(C)cc2c1=O. The van der Waals surface area contributed by atoms with Crippen molar-refractivity contribution < 1.29 is 18.7 Å². The molecule has 2 aromatic carbocycles. The number of hydrogen-bond donors (Lipinski definition) is 0. The summed E-state index contributed by atoms with van der Waals surface area (Å²) in [7, 11) is 1.27. The minimum absolute atomic E-state index is 0.00449. The maximum atomic E-state index is 13.1. The highest BCUT2D eigenvalue weighted by Gasteiger charge is 2.23. The van der Waals surface area contributed by atoms with Gasteiger partial charge in [0.15, 0.2) is 11.9 Å². The Morgan fingerprint density at radius 1 is 1.08 bits per heavy atom. The standard InChI is InChI=1S/C21H20O5/c1-12-10-16-17(11-13(12)2)26-19(15-8-6-5-7-9-15)20(18(16)22)25-14(3)21(23)24-4/h5-11,14H,1-4H3/t14-/m0/s1. The number of fused-ring (bicyclic) bond motifs is 1. The van der Waals surface area contributed by atoms with Gasteiger partial charge in [0.25, 0.3) is 0 Å². The van der Waals surface area contributed by atoms with E-state index in [0.29, 0.717) is 22.3 Å². The van der Waals surface area contributed by atoms with Crippen molar-refractivity contribution in [1.82, 2.24) is 0 Å². The van der Waals surface area contributed by atoms with Crippen LogP contribution in [0.25, 0.3) is 22.3 Å². The van der Waals surface area contributed by atoms with E-state index in [1.165, 1.54) is 14.0 Å². The first-order valence-electron chi connectivity index (χ1n) is 8.30. The first-order chi connectivity index (χ1) is 12.4. The number of benzene rings is 2. The Hall–Kier alpha value is -3.08. The van der Waals surface area contributed by atoms with Gasteiger partial charge >= 0.3 is 5.97 Å². The molecule has 0 aliphatic heterocycles. The lowest BCUT2D eigenvalue weighted by atomic mass is 10.0. The van der Waals surface area contributed by atoms with Gasteiger partial charge in [-0.3, -0.25) is 4.79 Å². The largest absolute Gasteiger partial charge is 0.471 e. The van der Waals surface area contributed by atoms with Crippen molar-refractivity contribution in [2.75, 3.05) is 7.11 Å². The number of esters is 1. The fourth-order valence-corrected chi connectivity index (χ4v) is 2.71. The van der Waals surface area contributed by atoms with Gasteiger partial charge in [0.05, 0.1) is 12.5 Å². The molecule has 0 N–H and O–H groups in total. The van der Waals surface area contributed by atoms with Gasteiger partial charge in [-0.05, 0) is 44.0 Å². The first-order valence-corrected chi connectivity index (χ1v) is 8.30. The van der Waals surface area contributed by atoms with Crippen LogP contribution in [0.4, 0.5) is 0 Å². The molecule has 26 heavy (non-hydrogen) atoms. The van der Waals surface area contributed by atoms with Crippen LogP contribution in [0.1, 0.15) is 18.1 Å². The van der Waals surface area contributed by atoms with Crippen LogP contribution in [0.15, 0.2) is 51.7 Å². The smallest absolute Gasteiger partial charge is 0.346 e. The van der Waals surface area contributed by atoms with Gasteiger partial charge in [-0.25, -0.2) is 4.79 Å². The highest BCUT2D eigenvalue weighted by molar-refractivity contribution is 5.84. The van der Waals surface area contributed by atoms with Crippen LogP contribution < -0.4 is 10.2 Å². The molecule has 0 radical (unpaired) electrons. The Labute approximate surface area is 151 Å². The molecule has 0 unspecified atom stereocenters. The third-order valence-corrected chi connectivity index (χ3v) is 4.33. The summed E-state index contributed by atoms with van der Waals surface area (Å²) in [4.78, 5) is 24.9. The molecule has 5 nitrogen and oxygen atoms in total. The zero-order valence-electron chi connectivity index (χ0n) is 15.2. The van der Waals surface area contributed by atoms with E-state index in [1.54, 1.807) is 6.07 Å². The predicted molar refractivity (Wildman–Crippen MR) is 99.5 cm³/mol. The Balaban J connectivity index is 2.28. The highest BCUT2D eigenvalue weighted by atomic mass is 16.6. The lowest BCUT2D eigenvalue weighted by molar-refractivity contribution is -0.147. The van der Waals surface area contributed by atoms with Gasteiger partial charge in [0.2, 0.25) is 11.2 Å². The van der Waals surface area contributed by atoms with Gasteiger partial charge in [-0.2, -0.15) is 0 Å². The van der Waals surface area contributed by atoms with E-state index in [2.05, 4.69) is 0 Å². The van der Waals surface area contributed by atoms with Gasteiger partial charge in [0.1, 0.15) is 5.58 Å². The number of carbonyl (C=O) groups is 1. The van der Waals surface area contributed by atoms with Crippen LogP contribution in [0.2, 0.25) is 0 Å².